The topological polar surface area (TPSA) is 68.6 Å². The minimum atomic E-state index is -0.693. The highest BCUT2D eigenvalue weighted by Crippen LogP contribution is 2.40. The van der Waals surface area contributed by atoms with E-state index in [2.05, 4.69) is 22.5 Å². The van der Waals surface area contributed by atoms with Crippen LogP contribution in [0, 0.1) is 11.3 Å². The monoisotopic (exact) mass is 335 g/mol. The maximum Gasteiger partial charge on any atom is 0.349 e. The summed E-state index contributed by atoms with van der Waals surface area (Å²) in [6, 6.07) is 5.22. The van der Waals surface area contributed by atoms with Crippen molar-refractivity contribution in [1.82, 2.24) is 0 Å². The molecule has 0 N–H and O–H groups in total. The molecular weight excluding hydrogens is 326 g/mol. The molecule has 0 unspecified atom stereocenters. The standard InChI is InChI=1S/C14H10BrNO4/c1-2-3-18-14(17)10(7-16)4-9-5-11(15)13-12(6-9)19-8-20-13/h2,4-6H,1,3,8H2/b10-4+. The number of fused-ring (bicyclic) bond motifs is 1. The molecule has 0 amide bonds. The van der Waals surface area contributed by atoms with Crippen molar-refractivity contribution in [3.05, 3.63) is 40.4 Å². The first kappa shape index (κ1) is 14.2. The zero-order valence-electron chi connectivity index (χ0n) is 10.4. The van der Waals surface area contributed by atoms with Gasteiger partial charge in [-0.15, -0.1) is 0 Å². The Hall–Kier alpha value is -2.26. The van der Waals surface area contributed by atoms with Crippen LogP contribution in [0.4, 0.5) is 0 Å². The lowest BCUT2D eigenvalue weighted by molar-refractivity contribution is -0.137. The van der Waals surface area contributed by atoms with Crippen LogP contribution < -0.4 is 9.47 Å². The van der Waals surface area contributed by atoms with Crippen LogP contribution in [0.1, 0.15) is 5.56 Å². The molecule has 6 heteroatoms. The predicted octanol–water partition coefficient (Wildman–Crippen LogP) is 2.81. The molecule has 0 aromatic heterocycles. The summed E-state index contributed by atoms with van der Waals surface area (Å²) < 4.78 is 16.0. The molecule has 1 heterocycles. The lowest BCUT2D eigenvalue weighted by atomic mass is 10.1. The fourth-order valence-corrected chi connectivity index (χ4v) is 2.16. The lowest BCUT2D eigenvalue weighted by Crippen LogP contribution is -2.06. The average Bonchev–Trinajstić information content (AvgIpc) is 2.91. The highest BCUT2D eigenvalue weighted by molar-refractivity contribution is 9.10. The van der Waals surface area contributed by atoms with E-state index in [4.69, 9.17) is 19.5 Å². The Kier molecular flexibility index (Phi) is 4.43. The summed E-state index contributed by atoms with van der Waals surface area (Å²) in [5, 5.41) is 9.01. The summed E-state index contributed by atoms with van der Waals surface area (Å²) >= 11 is 3.34. The van der Waals surface area contributed by atoms with Crippen LogP contribution in [0.25, 0.3) is 6.08 Å². The maximum atomic E-state index is 11.6. The number of nitriles is 1. The quantitative estimate of drug-likeness (QED) is 0.366. The van der Waals surface area contributed by atoms with Gasteiger partial charge in [0.05, 0.1) is 4.47 Å². The van der Waals surface area contributed by atoms with Gasteiger partial charge in [0.25, 0.3) is 0 Å². The number of carbonyl (C=O) groups is 1. The second-order valence-electron chi connectivity index (χ2n) is 3.79. The van der Waals surface area contributed by atoms with Gasteiger partial charge in [-0.1, -0.05) is 12.7 Å². The number of carbonyl (C=O) groups excluding carboxylic acids is 1. The Morgan fingerprint density at radius 1 is 1.55 bits per heavy atom. The molecule has 5 nitrogen and oxygen atoms in total. The van der Waals surface area contributed by atoms with Crippen LogP contribution in [-0.2, 0) is 9.53 Å². The largest absolute Gasteiger partial charge is 0.457 e. The minimum absolute atomic E-state index is 0.0582. The van der Waals surface area contributed by atoms with E-state index < -0.39 is 5.97 Å². The smallest absolute Gasteiger partial charge is 0.349 e. The highest BCUT2D eigenvalue weighted by atomic mass is 79.9. The Morgan fingerprint density at radius 3 is 3.05 bits per heavy atom. The Balaban J connectivity index is 2.29. The summed E-state index contributed by atoms with van der Waals surface area (Å²) in [7, 11) is 0. The summed E-state index contributed by atoms with van der Waals surface area (Å²) in [6.45, 7) is 3.64. The van der Waals surface area contributed by atoms with Gasteiger partial charge in [-0.3, -0.25) is 0 Å². The van der Waals surface area contributed by atoms with Gasteiger partial charge in [0, 0.05) is 0 Å². The number of nitrogens with zero attached hydrogens (tertiary/aromatic N) is 1. The van der Waals surface area contributed by atoms with Gasteiger partial charge in [-0.25, -0.2) is 4.79 Å². The fraction of sp³-hybridized carbons (Fsp3) is 0.143. The van der Waals surface area contributed by atoms with Crippen LogP contribution in [0.15, 0.2) is 34.8 Å². The highest BCUT2D eigenvalue weighted by Gasteiger charge is 2.18. The number of rotatable bonds is 4. The second kappa shape index (κ2) is 6.26. The molecule has 0 bridgehead atoms. The third-order valence-electron chi connectivity index (χ3n) is 2.43. The van der Waals surface area contributed by atoms with Crippen molar-refractivity contribution in [2.75, 3.05) is 13.4 Å². The number of ether oxygens (including phenoxy) is 3. The summed E-state index contributed by atoms with van der Waals surface area (Å²) in [6.07, 6.45) is 2.86. The van der Waals surface area contributed by atoms with Gasteiger partial charge < -0.3 is 14.2 Å². The molecule has 1 aromatic rings. The van der Waals surface area contributed by atoms with Crippen molar-refractivity contribution < 1.29 is 19.0 Å². The van der Waals surface area contributed by atoms with Crippen LogP contribution in [0.2, 0.25) is 0 Å². The van der Waals surface area contributed by atoms with E-state index in [0.717, 1.165) is 0 Å². The Morgan fingerprint density at radius 2 is 2.35 bits per heavy atom. The second-order valence-corrected chi connectivity index (χ2v) is 4.65. The van der Waals surface area contributed by atoms with Gasteiger partial charge in [-0.05, 0) is 39.7 Å². The first-order valence-electron chi connectivity index (χ1n) is 5.64. The molecular formula is C14H10BrNO4. The summed E-state index contributed by atoms with van der Waals surface area (Å²) in [5.41, 5.74) is 0.533. The first-order valence-corrected chi connectivity index (χ1v) is 6.44. The van der Waals surface area contributed by atoms with E-state index in [0.29, 0.717) is 21.5 Å². The zero-order chi connectivity index (χ0) is 14.5. The molecule has 0 fully saturated rings. The summed E-state index contributed by atoms with van der Waals surface area (Å²) in [5.74, 6) is 0.471. The van der Waals surface area contributed by atoms with Crippen molar-refractivity contribution in [3.8, 4) is 17.6 Å². The van der Waals surface area contributed by atoms with Crippen molar-refractivity contribution >= 4 is 28.0 Å². The van der Waals surface area contributed by atoms with E-state index in [1.165, 1.54) is 12.2 Å². The minimum Gasteiger partial charge on any atom is -0.457 e. The SMILES string of the molecule is C=CCOC(=O)/C(C#N)=C/c1cc(Br)c2c(c1)OCO2. The molecule has 0 saturated carbocycles. The number of benzene rings is 1. The van der Waals surface area contributed by atoms with Crippen molar-refractivity contribution in [2.24, 2.45) is 0 Å². The molecule has 1 aliphatic rings. The number of esters is 1. The third kappa shape index (κ3) is 3.00. The van der Waals surface area contributed by atoms with Crippen molar-refractivity contribution in [3.63, 3.8) is 0 Å². The molecule has 102 valence electrons. The maximum absolute atomic E-state index is 11.6. The van der Waals surface area contributed by atoms with Gasteiger partial charge in [-0.2, -0.15) is 5.26 Å². The molecule has 0 aliphatic carbocycles. The van der Waals surface area contributed by atoms with E-state index in [-0.39, 0.29) is 19.0 Å². The summed E-state index contributed by atoms with van der Waals surface area (Å²) in [4.78, 5) is 11.6. The average molecular weight is 336 g/mol. The van der Waals surface area contributed by atoms with E-state index in [1.807, 2.05) is 6.07 Å². The molecule has 0 spiro atoms. The molecule has 1 aliphatic heterocycles. The van der Waals surface area contributed by atoms with Crippen LogP contribution in [0.5, 0.6) is 11.5 Å². The Bertz CT molecular complexity index is 631. The number of hydrogen-bond acceptors (Lipinski definition) is 5. The first-order chi connectivity index (χ1) is 9.65. The molecule has 0 radical (unpaired) electrons. The van der Waals surface area contributed by atoms with E-state index in [1.54, 1.807) is 12.1 Å². The van der Waals surface area contributed by atoms with Gasteiger partial charge >= 0.3 is 5.97 Å². The van der Waals surface area contributed by atoms with Crippen molar-refractivity contribution in [2.45, 2.75) is 0 Å². The van der Waals surface area contributed by atoms with Gasteiger partial charge in [0.2, 0.25) is 6.79 Å². The normalized spacial score (nSPS) is 12.7. The van der Waals surface area contributed by atoms with E-state index in [9.17, 15) is 4.79 Å². The van der Waals surface area contributed by atoms with Crippen LogP contribution >= 0.6 is 15.9 Å². The predicted molar refractivity (Wildman–Crippen MR) is 75.0 cm³/mol. The zero-order valence-corrected chi connectivity index (χ0v) is 12.0. The third-order valence-corrected chi connectivity index (χ3v) is 3.02. The molecule has 0 atom stereocenters. The molecule has 1 aromatic carbocycles. The fourth-order valence-electron chi connectivity index (χ4n) is 1.59. The molecule has 20 heavy (non-hydrogen) atoms. The number of halogens is 1. The Labute approximate surface area is 124 Å². The van der Waals surface area contributed by atoms with Crippen LogP contribution in [-0.4, -0.2) is 19.4 Å². The molecule has 2 rings (SSSR count). The lowest BCUT2D eigenvalue weighted by Gasteiger charge is -2.03. The van der Waals surface area contributed by atoms with E-state index >= 15 is 0 Å². The molecule has 0 saturated heterocycles. The van der Waals surface area contributed by atoms with Gasteiger partial charge in [0.1, 0.15) is 18.2 Å². The number of hydrogen-bond donors (Lipinski definition) is 0. The van der Waals surface area contributed by atoms with Crippen LogP contribution in [0.3, 0.4) is 0 Å². The van der Waals surface area contributed by atoms with Crippen molar-refractivity contribution in [1.29, 1.82) is 5.26 Å². The van der Waals surface area contributed by atoms with Gasteiger partial charge in [0.15, 0.2) is 11.5 Å².